The van der Waals surface area contributed by atoms with Gasteiger partial charge in [-0.2, -0.15) is 0 Å². The summed E-state index contributed by atoms with van der Waals surface area (Å²) in [6.07, 6.45) is 4.54. The van der Waals surface area contributed by atoms with Crippen molar-refractivity contribution in [2.45, 2.75) is 18.9 Å². The van der Waals surface area contributed by atoms with Crippen molar-refractivity contribution in [2.75, 3.05) is 19.5 Å². The highest BCUT2D eigenvalue weighted by atomic mass is 16.5. The van der Waals surface area contributed by atoms with Gasteiger partial charge < -0.3 is 24.7 Å². The molecule has 2 aromatic carbocycles. The van der Waals surface area contributed by atoms with Crippen LogP contribution in [0.3, 0.4) is 0 Å². The van der Waals surface area contributed by atoms with E-state index in [0.29, 0.717) is 35.7 Å². The Hall–Kier alpha value is -3.81. The number of ether oxygens (including phenoxy) is 2. The first kappa shape index (κ1) is 20.5. The summed E-state index contributed by atoms with van der Waals surface area (Å²) >= 11 is 0. The molecule has 0 saturated carbocycles. The van der Waals surface area contributed by atoms with Crippen LogP contribution in [0.25, 0.3) is 0 Å². The van der Waals surface area contributed by atoms with E-state index in [2.05, 4.69) is 15.6 Å². The quantitative estimate of drug-likeness (QED) is 0.640. The van der Waals surface area contributed by atoms with Crippen LogP contribution in [0.4, 0.5) is 5.69 Å². The third-order valence-corrected chi connectivity index (χ3v) is 5.36. The first-order valence-electron chi connectivity index (χ1n) is 9.92. The number of methoxy groups -OCH3 is 2. The van der Waals surface area contributed by atoms with Crippen LogP contribution in [0.2, 0.25) is 0 Å². The number of anilines is 1. The minimum Gasteiger partial charge on any atom is -0.497 e. The minimum absolute atomic E-state index is 0.00785. The Kier molecular flexibility index (Phi) is 5.62. The minimum atomic E-state index is -0.521. The number of fused-ring (bicyclic) bond motifs is 1. The molecule has 0 fully saturated rings. The van der Waals surface area contributed by atoms with Crippen LogP contribution in [-0.2, 0) is 18.3 Å². The fourth-order valence-corrected chi connectivity index (χ4v) is 3.69. The fourth-order valence-electron chi connectivity index (χ4n) is 3.69. The van der Waals surface area contributed by atoms with Gasteiger partial charge in [-0.1, -0.05) is 0 Å². The van der Waals surface area contributed by atoms with E-state index in [1.54, 1.807) is 38.6 Å². The van der Waals surface area contributed by atoms with Gasteiger partial charge in [0.1, 0.15) is 23.4 Å². The van der Waals surface area contributed by atoms with E-state index in [4.69, 9.17) is 9.47 Å². The summed E-state index contributed by atoms with van der Waals surface area (Å²) in [5.74, 6) is 1.66. The van der Waals surface area contributed by atoms with E-state index in [0.717, 1.165) is 16.8 Å². The van der Waals surface area contributed by atoms with Crippen molar-refractivity contribution < 1.29 is 19.1 Å². The van der Waals surface area contributed by atoms with Crippen molar-refractivity contribution >= 4 is 17.5 Å². The van der Waals surface area contributed by atoms with Gasteiger partial charge in [-0.3, -0.25) is 9.59 Å². The van der Waals surface area contributed by atoms with Gasteiger partial charge >= 0.3 is 0 Å². The average Bonchev–Trinajstić information content (AvgIpc) is 3.21. The molecular formula is C23H24N4O4. The van der Waals surface area contributed by atoms with Gasteiger partial charge in [0.05, 0.1) is 14.2 Å². The lowest BCUT2D eigenvalue weighted by atomic mass is 9.99. The number of rotatable bonds is 6. The average molecular weight is 420 g/mol. The summed E-state index contributed by atoms with van der Waals surface area (Å²) in [5.41, 5.74) is 3.00. The Bertz CT molecular complexity index is 1120. The Labute approximate surface area is 180 Å². The predicted molar refractivity (Wildman–Crippen MR) is 115 cm³/mol. The highest BCUT2D eigenvalue weighted by molar-refractivity contribution is 5.98. The van der Waals surface area contributed by atoms with Crippen LogP contribution in [0, 0.1) is 0 Å². The zero-order chi connectivity index (χ0) is 22.0. The van der Waals surface area contributed by atoms with Crippen molar-refractivity contribution in [1.29, 1.82) is 0 Å². The van der Waals surface area contributed by atoms with Gasteiger partial charge in [0.2, 0.25) is 5.91 Å². The molecule has 160 valence electrons. The number of amides is 2. The molecule has 1 aliphatic heterocycles. The first-order chi connectivity index (χ1) is 15.0. The van der Waals surface area contributed by atoms with Crippen LogP contribution in [0.15, 0.2) is 48.8 Å². The largest absolute Gasteiger partial charge is 0.497 e. The van der Waals surface area contributed by atoms with Gasteiger partial charge in [0.25, 0.3) is 5.91 Å². The lowest BCUT2D eigenvalue weighted by molar-refractivity contribution is -0.116. The first-order valence-corrected chi connectivity index (χ1v) is 9.92. The summed E-state index contributed by atoms with van der Waals surface area (Å²) in [4.78, 5) is 29.2. The molecule has 1 atom stereocenters. The molecule has 31 heavy (non-hydrogen) atoms. The Balaban J connectivity index is 1.69. The molecule has 3 aromatic rings. The van der Waals surface area contributed by atoms with E-state index in [1.807, 2.05) is 36.0 Å². The van der Waals surface area contributed by atoms with Gasteiger partial charge in [-0.15, -0.1) is 0 Å². The molecule has 4 rings (SSSR count). The molecule has 2 N–H and O–H groups in total. The Morgan fingerprint density at radius 2 is 1.87 bits per heavy atom. The second kappa shape index (κ2) is 8.51. The molecule has 0 radical (unpaired) electrons. The number of nitrogens with one attached hydrogen (secondary N) is 2. The Morgan fingerprint density at radius 3 is 2.52 bits per heavy atom. The predicted octanol–water partition coefficient (Wildman–Crippen LogP) is 2.84. The molecule has 0 spiro atoms. The second-order valence-corrected chi connectivity index (χ2v) is 7.37. The summed E-state index contributed by atoms with van der Waals surface area (Å²) in [5, 5.41) is 5.93. The van der Waals surface area contributed by atoms with Crippen LogP contribution < -0.4 is 20.1 Å². The summed E-state index contributed by atoms with van der Waals surface area (Å²) in [6.45, 7) is 0. The normalized spacial score (nSPS) is 13.7. The standard InChI is InChI=1S/C23H24N4O4/c1-27-9-8-24-22(27)21(16-11-17(30-2)13-18(12-16)31-3)26-23(29)15-4-6-19-14(10-15)5-7-20(28)25-19/h4,6,8-13,21H,5,7H2,1-3H3,(H,25,28)(H,26,29)/t21-/m1/s1. The van der Waals surface area contributed by atoms with Crippen molar-refractivity contribution in [3.05, 3.63) is 71.3 Å². The molecule has 1 aliphatic rings. The smallest absolute Gasteiger partial charge is 0.252 e. The molecule has 0 bridgehead atoms. The summed E-state index contributed by atoms with van der Waals surface area (Å²) < 4.78 is 12.7. The second-order valence-electron chi connectivity index (χ2n) is 7.37. The zero-order valence-corrected chi connectivity index (χ0v) is 17.6. The lowest BCUT2D eigenvalue weighted by Crippen LogP contribution is -2.31. The molecule has 0 saturated heterocycles. The maximum atomic E-state index is 13.2. The number of nitrogens with zero attached hydrogens (tertiary/aromatic N) is 2. The van der Waals surface area contributed by atoms with Crippen molar-refractivity contribution in [3.63, 3.8) is 0 Å². The monoisotopic (exact) mass is 420 g/mol. The molecule has 8 heteroatoms. The number of hydrogen-bond acceptors (Lipinski definition) is 5. The number of benzene rings is 2. The van der Waals surface area contributed by atoms with E-state index >= 15 is 0 Å². The number of hydrogen-bond donors (Lipinski definition) is 2. The van der Waals surface area contributed by atoms with Gasteiger partial charge in [-0.05, 0) is 47.9 Å². The number of aromatic nitrogens is 2. The van der Waals surface area contributed by atoms with Gasteiger partial charge in [0.15, 0.2) is 0 Å². The summed E-state index contributed by atoms with van der Waals surface area (Å²) in [6, 6.07) is 10.3. The maximum absolute atomic E-state index is 13.2. The molecular weight excluding hydrogens is 396 g/mol. The van der Waals surface area contributed by atoms with Crippen LogP contribution in [0.1, 0.15) is 39.8 Å². The zero-order valence-electron chi connectivity index (χ0n) is 17.6. The van der Waals surface area contributed by atoms with Gasteiger partial charge in [-0.25, -0.2) is 4.98 Å². The summed E-state index contributed by atoms with van der Waals surface area (Å²) in [7, 11) is 5.04. The van der Waals surface area contributed by atoms with E-state index in [9.17, 15) is 9.59 Å². The number of carbonyl (C=O) groups excluding carboxylic acids is 2. The van der Waals surface area contributed by atoms with E-state index in [-0.39, 0.29) is 11.8 Å². The molecule has 8 nitrogen and oxygen atoms in total. The molecule has 2 heterocycles. The number of aryl methyl sites for hydroxylation is 2. The van der Waals surface area contributed by atoms with E-state index < -0.39 is 6.04 Å². The highest BCUT2D eigenvalue weighted by Crippen LogP contribution is 2.30. The maximum Gasteiger partial charge on any atom is 0.252 e. The van der Waals surface area contributed by atoms with E-state index in [1.165, 1.54) is 0 Å². The topological polar surface area (TPSA) is 94.5 Å². The van der Waals surface area contributed by atoms with Crippen molar-refractivity contribution in [3.8, 4) is 11.5 Å². The van der Waals surface area contributed by atoms with Crippen molar-refractivity contribution in [2.24, 2.45) is 7.05 Å². The number of carbonyl (C=O) groups is 2. The lowest BCUT2D eigenvalue weighted by Gasteiger charge is -2.21. The van der Waals surface area contributed by atoms with Crippen LogP contribution >= 0.6 is 0 Å². The van der Waals surface area contributed by atoms with Crippen LogP contribution in [-0.4, -0.2) is 35.6 Å². The third-order valence-electron chi connectivity index (χ3n) is 5.36. The molecule has 1 aromatic heterocycles. The molecule has 0 unspecified atom stereocenters. The third kappa shape index (κ3) is 4.23. The van der Waals surface area contributed by atoms with Crippen LogP contribution in [0.5, 0.6) is 11.5 Å². The fraction of sp³-hybridized carbons (Fsp3) is 0.261. The van der Waals surface area contributed by atoms with Crippen molar-refractivity contribution in [1.82, 2.24) is 14.9 Å². The molecule has 0 aliphatic carbocycles. The SMILES string of the molecule is COc1cc(OC)cc([C@@H](NC(=O)c2ccc3c(c2)CCC(=O)N3)c2nccn2C)c1. The highest BCUT2D eigenvalue weighted by Gasteiger charge is 2.24. The van der Waals surface area contributed by atoms with Gasteiger partial charge in [0, 0.05) is 43.2 Å². The Morgan fingerprint density at radius 1 is 1.13 bits per heavy atom. The number of imidazole rings is 1. The molecule has 2 amide bonds.